The number of alkyl carbamates (subject to hydrolysis) is 1. The number of carbonyl (C=O) groups is 1. The Bertz CT molecular complexity index is 1050. The van der Waals surface area contributed by atoms with Gasteiger partial charge in [0, 0.05) is 24.2 Å². The lowest BCUT2D eigenvalue weighted by molar-refractivity contribution is 0.0514. The van der Waals surface area contributed by atoms with Crippen LogP contribution >= 0.6 is 0 Å². The maximum Gasteiger partial charge on any atom is 0.407 e. The highest BCUT2D eigenvalue weighted by Crippen LogP contribution is 2.34. The van der Waals surface area contributed by atoms with Gasteiger partial charge in [0.2, 0.25) is 0 Å². The second kappa shape index (κ2) is 9.04. The monoisotopic (exact) mass is 417 g/mol. The van der Waals surface area contributed by atoms with Gasteiger partial charge in [0.1, 0.15) is 11.4 Å². The minimum atomic E-state index is -0.463. The number of ether oxygens (including phenoxy) is 1. The van der Waals surface area contributed by atoms with E-state index in [1.807, 2.05) is 33.0 Å². The molecule has 1 fully saturated rings. The molecule has 5 heteroatoms. The largest absolute Gasteiger partial charge is 0.444 e. The lowest BCUT2D eigenvalue weighted by atomic mass is 9.81. The molecule has 1 aliphatic carbocycles. The van der Waals surface area contributed by atoms with Crippen molar-refractivity contribution in [3.8, 4) is 11.3 Å². The molecule has 0 bridgehead atoms. The fourth-order valence-electron chi connectivity index (χ4n) is 4.25. The Balaban J connectivity index is 1.36. The number of nitrogens with one attached hydrogen (secondary N) is 1. The van der Waals surface area contributed by atoms with Crippen LogP contribution in [0.15, 0.2) is 54.7 Å². The summed E-state index contributed by atoms with van der Waals surface area (Å²) in [4.78, 5) is 21.4. The van der Waals surface area contributed by atoms with E-state index in [9.17, 15) is 4.79 Å². The zero-order valence-corrected chi connectivity index (χ0v) is 18.6. The number of hydrogen-bond donors (Lipinski definition) is 1. The van der Waals surface area contributed by atoms with Crippen LogP contribution in [0.3, 0.4) is 0 Å². The lowest BCUT2D eigenvalue weighted by Crippen LogP contribution is -2.36. The molecule has 0 radical (unpaired) electrons. The lowest BCUT2D eigenvalue weighted by Gasteiger charge is -2.28. The summed E-state index contributed by atoms with van der Waals surface area (Å²) in [6.07, 6.45) is 5.75. The van der Waals surface area contributed by atoms with E-state index in [4.69, 9.17) is 9.72 Å². The maximum absolute atomic E-state index is 11.9. The first-order chi connectivity index (χ1) is 14.9. The van der Waals surface area contributed by atoms with Gasteiger partial charge in [-0.2, -0.15) is 0 Å². The number of amides is 1. The SMILES string of the molecule is CC(C)(C)OC(=O)NCC1CCC(c2nccc(-c3ccc4ccccc4c3)n2)CC1. The second-order valence-corrected chi connectivity index (χ2v) is 9.46. The van der Waals surface area contributed by atoms with Crippen LogP contribution in [0, 0.1) is 5.92 Å². The van der Waals surface area contributed by atoms with Crippen LogP contribution < -0.4 is 5.32 Å². The molecule has 1 N–H and O–H groups in total. The quantitative estimate of drug-likeness (QED) is 0.557. The van der Waals surface area contributed by atoms with Crippen molar-refractivity contribution in [3.05, 3.63) is 60.6 Å². The Morgan fingerprint density at radius 2 is 1.77 bits per heavy atom. The first-order valence-corrected chi connectivity index (χ1v) is 11.2. The van der Waals surface area contributed by atoms with E-state index in [1.54, 1.807) is 0 Å². The average molecular weight is 418 g/mol. The van der Waals surface area contributed by atoms with Crippen LogP contribution in [0.4, 0.5) is 4.79 Å². The molecule has 0 unspecified atom stereocenters. The molecular formula is C26H31N3O2. The van der Waals surface area contributed by atoms with Gasteiger partial charge in [-0.25, -0.2) is 14.8 Å². The van der Waals surface area contributed by atoms with Crippen LogP contribution in [-0.2, 0) is 4.74 Å². The van der Waals surface area contributed by atoms with E-state index < -0.39 is 5.60 Å². The van der Waals surface area contributed by atoms with E-state index in [2.05, 4.69) is 52.8 Å². The third kappa shape index (κ3) is 5.60. The molecule has 0 aliphatic heterocycles. The van der Waals surface area contributed by atoms with Gasteiger partial charge in [-0.3, -0.25) is 0 Å². The molecule has 1 saturated carbocycles. The fraction of sp³-hybridized carbons (Fsp3) is 0.423. The van der Waals surface area contributed by atoms with Crippen molar-refractivity contribution in [2.24, 2.45) is 5.92 Å². The van der Waals surface area contributed by atoms with Crippen LogP contribution in [-0.4, -0.2) is 28.2 Å². The van der Waals surface area contributed by atoms with Gasteiger partial charge in [0.25, 0.3) is 0 Å². The molecule has 1 aromatic heterocycles. The van der Waals surface area contributed by atoms with E-state index >= 15 is 0 Å². The third-order valence-electron chi connectivity index (χ3n) is 5.87. The smallest absolute Gasteiger partial charge is 0.407 e. The summed E-state index contributed by atoms with van der Waals surface area (Å²) >= 11 is 0. The number of hydrogen-bond acceptors (Lipinski definition) is 4. The zero-order valence-electron chi connectivity index (χ0n) is 18.6. The van der Waals surface area contributed by atoms with Crippen molar-refractivity contribution in [1.29, 1.82) is 0 Å². The van der Waals surface area contributed by atoms with Gasteiger partial charge in [-0.15, -0.1) is 0 Å². The van der Waals surface area contributed by atoms with Gasteiger partial charge in [0.05, 0.1) is 5.69 Å². The first kappa shape index (κ1) is 21.3. The molecule has 0 atom stereocenters. The van der Waals surface area contributed by atoms with Gasteiger partial charge in [-0.05, 0) is 75.3 Å². The average Bonchev–Trinajstić information content (AvgIpc) is 2.77. The van der Waals surface area contributed by atoms with E-state index in [-0.39, 0.29) is 6.09 Å². The summed E-state index contributed by atoms with van der Waals surface area (Å²) in [7, 11) is 0. The predicted molar refractivity (Wildman–Crippen MR) is 124 cm³/mol. The highest BCUT2D eigenvalue weighted by Gasteiger charge is 2.25. The summed E-state index contributed by atoms with van der Waals surface area (Å²) in [6.45, 7) is 6.30. The molecular weight excluding hydrogens is 386 g/mol. The number of rotatable bonds is 4. The number of nitrogens with zero attached hydrogens (tertiary/aromatic N) is 2. The molecule has 0 saturated heterocycles. The second-order valence-electron chi connectivity index (χ2n) is 9.46. The Kier molecular flexibility index (Phi) is 6.21. The maximum atomic E-state index is 11.9. The molecule has 162 valence electrons. The Morgan fingerprint density at radius 3 is 2.52 bits per heavy atom. The van der Waals surface area contributed by atoms with Crippen molar-refractivity contribution in [3.63, 3.8) is 0 Å². The molecule has 5 nitrogen and oxygen atoms in total. The van der Waals surface area contributed by atoms with Crippen LogP contribution in [0.25, 0.3) is 22.0 Å². The summed E-state index contributed by atoms with van der Waals surface area (Å²) in [5.41, 5.74) is 1.64. The van der Waals surface area contributed by atoms with Gasteiger partial charge >= 0.3 is 6.09 Å². The minimum absolute atomic E-state index is 0.332. The molecule has 4 rings (SSSR count). The van der Waals surface area contributed by atoms with Gasteiger partial charge in [0.15, 0.2) is 0 Å². The van der Waals surface area contributed by atoms with Gasteiger partial charge in [-0.1, -0.05) is 36.4 Å². The van der Waals surface area contributed by atoms with Crippen LogP contribution in [0.2, 0.25) is 0 Å². The molecule has 2 aromatic carbocycles. The predicted octanol–water partition coefficient (Wildman–Crippen LogP) is 6.10. The molecule has 1 heterocycles. The van der Waals surface area contributed by atoms with Crippen molar-refractivity contribution in [1.82, 2.24) is 15.3 Å². The van der Waals surface area contributed by atoms with E-state index in [1.165, 1.54) is 10.8 Å². The number of benzene rings is 2. The highest BCUT2D eigenvalue weighted by atomic mass is 16.6. The fourth-order valence-corrected chi connectivity index (χ4v) is 4.25. The van der Waals surface area contributed by atoms with Gasteiger partial charge < -0.3 is 10.1 Å². The van der Waals surface area contributed by atoms with Crippen LogP contribution in [0.1, 0.15) is 58.2 Å². The molecule has 0 spiro atoms. The van der Waals surface area contributed by atoms with Crippen molar-refractivity contribution >= 4 is 16.9 Å². The first-order valence-electron chi connectivity index (χ1n) is 11.2. The molecule has 3 aromatic rings. The Morgan fingerprint density at radius 1 is 1.03 bits per heavy atom. The Labute approximate surface area is 184 Å². The minimum Gasteiger partial charge on any atom is -0.444 e. The van der Waals surface area contributed by atoms with Crippen LogP contribution in [0.5, 0.6) is 0 Å². The zero-order chi connectivity index (χ0) is 21.8. The van der Waals surface area contributed by atoms with E-state index in [0.29, 0.717) is 18.4 Å². The normalized spacial score (nSPS) is 19.2. The number of aromatic nitrogens is 2. The number of fused-ring (bicyclic) bond motifs is 1. The highest BCUT2D eigenvalue weighted by molar-refractivity contribution is 5.86. The van der Waals surface area contributed by atoms with Crippen molar-refractivity contribution < 1.29 is 9.53 Å². The summed E-state index contributed by atoms with van der Waals surface area (Å²) < 4.78 is 5.33. The van der Waals surface area contributed by atoms with Crippen molar-refractivity contribution in [2.75, 3.05) is 6.54 Å². The third-order valence-corrected chi connectivity index (χ3v) is 5.87. The molecule has 31 heavy (non-hydrogen) atoms. The van der Waals surface area contributed by atoms with Crippen molar-refractivity contribution in [2.45, 2.75) is 58.0 Å². The Hall–Kier alpha value is -2.95. The summed E-state index contributed by atoms with van der Waals surface area (Å²) in [6, 6.07) is 16.8. The topological polar surface area (TPSA) is 64.1 Å². The summed E-state index contributed by atoms with van der Waals surface area (Å²) in [5.74, 6) is 1.79. The molecule has 1 amide bonds. The standard InChI is InChI=1S/C26H31N3O2/c1-26(2,3)31-25(30)28-17-18-8-10-20(11-9-18)24-27-15-14-23(29-24)22-13-12-19-6-4-5-7-21(19)16-22/h4-7,12-16,18,20H,8-11,17H2,1-3H3,(H,28,30). The molecule has 1 aliphatic rings. The van der Waals surface area contributed by atoms with E-state index in [0.717, 1.165) is 42.8 Å². The summed E-state index contributed by atoms with van der Waals surface area (Å²) in [5, 5.41) is 5.37. The number of carbonyl (C=O) groups excluding carboxylic acids is 1.